The molecule has 0 aromatic carbocycles. The molecule has 3 aliphatic rings. The molecule has 3 saturated carbocycles. The maximum absolute atomic E-state index is 2.51. The van der Waals surface area contributed by atoms with E-state index in [4.69, 9.17) is 0 Å². The molecule has 0 aromatic heterocycles. The van der Waals surface area contributed by atoms with Crippen LogP contribution in [0.2, 0.25) is 0 Å². The quantitative estimate of drug-likeness (QED) is 0.547. The first kappa shape index (κ1) is 9.24. The highest BCUT2D eigenvalue weighted by molar-refractivity contribution is 5.09. The van der Waals surface area contributed by atoms with Crippen molar-refractivity contribution in [1.82, 2.24) is 0 Å². The number of fused-ring (bicyclic) bond motifs is 4. The Kier molecular flexibility index (Phi) is 1.83. The van der Waals surface area contributed by atoms with Crippen molar-refractivity contribution in [1.29, 1.82) is 0 Å². The highest BCUT2D eigenvalue weighted by atomic mass is 14.7. The van der Waals surface area contributed by atoms with Crippen LogP contribution in [-0.2, 0) is 0 Å². The van der Waals surface area contributed by atoms with Crippen molar-refractivity contribution in [3.8, 4) is 0 Å². The third kappa shape index (κ3) is 0.907. The van der Waals surface area contributed by atoms with Gasteiger partial charge in [0.1, 0.15) is 0 Å². The highest BCUT2D eigenvalue weighted by Gasteiger charge is 2.61. The molecule has 0 unspecified atom stereocenters. The van der Waals surface area contributed by atoms with Crippen molar-refractivity contribution in [2.45, 2.75) is 40.5 Å². The zero-order chi connectivity index (χ0) is 10.0. The van der Waals surface area contributed by atoms with Crippen LogP contribution in [0.4, 0.5) is 0 Å². The second-order valence-corrected chi connectivity index (χ2v) is 6.63. The molecule has 0 N–H and O–H groups in total. The normalized spacial score (nSPS) is 66.0. The van der Waals surface area contributed by atoms with Gasteiger partial charge in [-0.1, -0.05) is 27.7 Å². The lowest BCUT2D eigenvalue weighted by Gasteiger charge is -2.49. The summed E-state index contributed by atoms with van der Waals surface area (Å²) in [6.07, 6.45) is 3.09. The first-order chi connectivity index (χ1) is 6.61. The smallest absolute Gasteiger partial charge is 0.0323 e. The van der Waals surface area contributed by atoms with Crippen LogP contribution in [0.3, 0.4) is 0 Å². The molecule has 0 aromatic rings. The van der Waals surface area contributed by atoms with Crippen LogP contribution in [0, 0.1) is 47.3 Å². The second-order valence-electron chi connectivity index (χ2n) is 6.63. The van der Waals surface area contributed by atoms with Gasteiger partial charge in [-0.2, -0.15) is 0 Å². The first-order valence-corrected chi connectivity index (χ1v) is 6.61. The van der Waals surface area contributed by atoms with Gasteiger partial charge >= 0.3 is 0 Å². The Balaban J connectivity index is 1.83. The summed E-state index contributed by atoms with van der Waals surface area (Å²) < 4.78 is 0. The van der Waals surface area contributed by atoms with E-state index in [1.54, 1.807) is 12.8 Å². The fourth-order valence-electron chi connectivity index (χ4n) is 5.24. The fraction of sp³-hybridized carbons (Fsp3) is 1.00. The van der Waals surface area contributed by atoms with E-state index < -0.39 is 0 Å². The minimum atomic E-state index is 1.01. The number of rotatable bonds is 0. The van der Waals surface area contributed by atoms with Crippen molar-refractivity contribution in [3.63, 3.8) is 0 Å². The molecular formula is C14H24. The lowest BCUT2D eigenvalue weighted by Crippen LogP contribution is -2.44. The summed E-state index contributed by atoms with van der Waals surface area (Å²) in [5, 5.41) is 0. The monoisotopic (exact) mass is 192 g/mol. The van der Waals surface area contributed by atoms with E-state index in [-0.39, 0.29) is 0 Å². The highest BCUT2D eigenvalue weighted by Crippen LogP contribution is 2.67. The topological polar surface area (TPSA) is 0 Å². The largest absolute Gasteiger partial charge is 0.0622 e. The fourth-order valence-corrected chi connectivity index (χ4v) is 5.24. The maximum atomic E-state index is 2.51. The van der Waals surface area contributed by atoms with Crippen molar-refractivity contribution >= 4 is 0 Å². The second kappa shape index (κ2) is 2.77. The van der Waals surface area contributed by atoms with E-state index in [2.05, 4.69) is 27.7 Å². The standard InChI is InChI=1S/C14H24/c1-7-5-11-13(9(7)3)12-6-8(2)10(4)14(11)12/h7-14H,5-6H2,1-4H3/t7-,8-,9-,10-,11?,12?,13?,14?/m0/s1. The lowest BCUT2D eigenvalue weighted by molar-refractivity contribution is -0.0132. The van der Waals surface area contributed by atoms with E-state index in [1.807, 2.05) is 0 Å². The van der Waals surface area contributed by atoms with Gasteiger partial charge in [-0.05, 0) is 60.2 Å². The summed E-state index contributed by atoms with van der Waals surface area (Å²) >= 11 is 0. The molecule has 0 heteroatoms. The molecule has 3 fully saturated rings. The van der Waals surface area contributed by atoms with Crippen molar-refractivity contribution < 1.29 is 0 Å². The summed E-state index contributed by atoms with van der Waals surface area (Å²) in [5.41, 5.74) is 0. The van der Waals surface area contributed by atoms with Gasteiger partial charge in [-0.15, -0.1) is 0 Å². The molecule has 0 amide bonds. The molecule has 80 valence electrons. The Hall–Kier alpha value is 0. The van der Waals surface area contributed by atoms with Crippen molar-refractivity contribution in [3.05, 3.63) is 0 Å². The Morgan fingerprint density at radius 2 is 1.00 bits per heavy atom. The van der Waals surface area contributed by atoms with Crippen LogP contribution < -0.4 is 0 Å². The molecule has 4 atom stereocenters. The average molecular weight is 192 g/mol. The number of hydrogen-bond donors (Lipinski definition) is 0. The molecule has 0 aliphatic heterocycles. The van der Waals surface area contributed by atoms with Crippen LogP contribution in [0.1, 0.15) is 40.5 Å². The summed E-state index contributed by atoms with van der Waals surface area (Å²) in [5.74, 6) is 8.59. The average Bonchev–Trinajstić information content (AvgIpc) is 2.49. The third-order valence-corrected chi connectivity index (χ3v) is 6.27. The Morgan fingerprint density at radius 1 is 0.643 bits per heavy atom. The van der Waals surface area contributed by atoms with Crippen molar-refractivity contribution in [2.75, 3.05) is 0 Å². The van der Waals surface area contributed by atoms with Gasteiger partial charge in [0.05, 0.1) is 0 Å². The Morgan fingerprint density at radius 3 is 1.36 bits per heavy atom. The van der Waals surface area contributed by atoms with Crippen LogP contribution in [0.15, 0.2) is 0 Å². The van der Waals surface area contributed by atoms with E-state index >= 15 is 0 Å². The predicted octanol–water partition coefficient (Wildman–Crippen LogP) is 3.82. The number of hydrogen-bond acceptors (Lipinski definition) is 0. The van der Waals surface area contributed by atoms with Gasteiger partial charge in [0.15, 0.2) is 0 Å². The van der Waals surface area contributed by atoms with E-state index in [0.29, 0.717) is 0 Å². The van der Waals surface area contributed by atoms with Crippen LogP contribution >= 0.6 is 0 Å². The van der Waals surface area contributed by atoms with Crippen LogP contribution in [0.5, 0.6) is 0 Å². The zero-order valence-electron chi connectivity index (χ0n) is 10.0. The van der Waals surface area contributed by atoms with Gasteiger partial charge in [0.25, 0.3) is 0 Å². The molecule has 0 saturated heterocycles. The first-order valence-electron chi connectivity index (χ1n) is 6.61. The van der Waals surface area contributed by atoms with E-state index in [1.165, 1.54) is 0 Å². The molecule has 14 heavy (non-hydrogen) atoms. The summed E-state index contributed by atoms with van der Waals surface area (Å²) in [6.45, 7) is 9.98. The van der Waals surface area contributed by atoms with E-state index in [0.717, 1.165) is 47.3 Å². The molecule has 0 heterocycles. The van der Waals surface area contributed by atoms with Crippen molar-refractivity contribution in [2.24, 2.45) is 47.3 Å². The van der Waals surface area contributed by atoms with Crippen LogP contribution in [-0.4, -0.2) is 0 Å². The van der Waals surface area contributed by atoms with Gasteiger partial charge < -0.3 is 0 Å². The Bertz CT molecular complexity index is 210. The molecule has 0 nitrogen and oxygen atoms in total. The predicted molar refractivity (Wildman–Crippen MR) is 59.9 cm³/mol. The third-order valence-electron chi connectivity index (χ3n) is 6.27. The molecule has 0 radical (unpaired) electrons. The maximum Gasteiger partial charge on any atom is -0.0323 e. The molecule has 0 spiro atoms. The van der Waals surface area contributed by atoms with Crippen LogP contribution in [0.25, 0.3) is 0 Å². The van der Waals surface area contributed by atoms with Gasteiger partial charge in [-0.3, -0.25) is 0 Å². The summed E-state index contributed by atoms with van der Waals surface area (Å²) in [6, 6.07) is 0. The van der Waals surface area contributed by atoms with Gasteiger partial charge in [0.2, 0.25) is 0 Å². The van der Waals surface area contributed by atoms with Gasteiger partial charge in [0, 0.05) is 0 Å². The SMILES string of the molecule is C[C@@H]1C2C(C[C@@H]1C)C1C2C[C@H](C)[C@@H]1C. The minimum Gasteiger partial charge on any atom is -0.0622 e. The zero-order valence-corrected chi connectivity index (χ0v) is 10.0. The minimum absolute atomic E-state index is 1.01. The summed E-state index contributed by atoms with van der Waals surface area (Å²) in [4.78, 5) is 0. The lowest BCUT2D eigenvalue weighted by atomic mass is 9.56. The van der Waals surface area contributed by atoms with Gasteiger partial charge in [-0.25, -0.2) is 0 Å². The van der Waals surface area contributed by atoms with E-state index in [9.17, 15) is 0 Å². The molecule has 3 aliphatic carbocycles. The molecule has 0 bridgehead atoms. The Labute approximate surface area is 88.5 Å². The summed E-state index contributed by atoms with van der Waals surface area (Å²) in [7, 11) is 0. The molecular weight excluding hydrogens is 168 g/mol. The molecule has 3 rings (SSSR count).